The fourth-order valence-corrected chi connectivity index (χ4v) is 1.20. The van der Waals surface area contributed by atoms with Crippen molar-refractivity contribution in [1.29, 1.82) is 0 Å². The van der Waals surface area contributed by atoms with Gasteiger partial charge in [0.2, 0.25) is 5.91 Å². The molecule has 0 bridgehead atoms. The van der Waals surface area contributed by atoms with Gasteiger partial charge in [-0.3, -0.25) is 4.79 Å². The number of phenols is 1. The van der Waals surface area contributed by atoms with Crippen molar-refractivity contribution >= 4 is 11.9 Å². The Morgan fingerprint density at radius 1 is 1.18 bits per heavy atom. The highest BCUT2D eigenvalue weighted by atomic mass is 16.4. The van der Waals surface area contributed by atoms with Gasteiger partial charge in [0, 0.05) is 18.7 Å². The van der Waals surface area contributed by atoms with Crippen LogP contribution < -0.4 is 5.32 Å². The summed E-state index contributed by atoms with van der Waals surface area (Å²) >= 11 is 0. The molecule has 0 unspecified atom stereocenters. The number of carbonyl (C=O) groups excluding carboxylic acids is 1. The molecule has 90 valence electrons. The molecular formula is C12H13NO4. The number of aromatic hydroxyl groups is 1. The van der Waals surface area contributed by atoms with Crippen LogP contribution in [0.25, 0.3) is 0 Å². The zero-order valence-electron chi connectivity index (χ0n) is 9.09. The Morgan fingerprint density at radius 2 is 1.82 bits per heavy atom. The van der Waals surface area contributed by atoms with E-state index >= 15 is 0 Å². The zero-order chi connectivity index (χ0) is 12.7. The third kappa shape index (κ3) is 5.36. The number of benzene rings is 1. The molecule has 0 aliphatic heterocycles. The fraction of sp³-hybridized carbons (Fsp3) is 0.167. The number of aliphatic carboxylic acids is 1. The lowest BCUT2D eigenvalue weighted by molar-refractivity contribution is -0.131. The minimum atomic E-state index is -1.15. The van der Waals surface area contributed by atoms with Gasteiger partial charge in [0.15, 0.2) is 0 Å². The average Bonchev–Trinajstić information content (AvgIpc) is 2.29. The van der Waals surface area contributed by atoms with Crippen LogP contribution in [-0.4, -0.2) is 28.6 Å². The Labute approximate surface area is 98.4 Å². The van der Waals surface area contributed by atoms with Crippen molar-refractivity contribution in [3.8, 4) is 5.75 Å². The minimum Gasteiger partial charge on any atom is -0.508 e. The van der Waals surface area contributed by atoms with E-state index in [9.17, 15) is 9.59 Å². The van der Waals surface area contributed by atoms with E-state index in [2.05, 4.69) is 5.32 Å². The normalized spacial score (nSPS) is 10.4. The number of nitrogens with one attached hydrogen (secondary N) is 1. The van der Waals surface area contributed by atoms with E-state index in [4.69, 9.17) is 10.2 Å². The van der Waals surface area contributed by atoms with E-state index in [1.807, 2.05) is 0 Å². The molecule has 0 spiro atoms. The number of phenolic OH excluding ortho intramolecular Hbond substituents is 1. The lowest BCUT2D eigenvalue weighted by Crippen LogP contribution is -2.23. The number of amides is 1. The number of carboxylic acid groups (broad SMARTS) is 1. The van der Waals surface area contributed by atoms with Crippen molar-refractivity contribution in [3.63, 3.8) is 0 Å². The van der Waals surface area contributed by atoms with Gasteiger partial charge in [-0.1, -0.05) is 12.1 Å². The molecule has 5 nitrogen and oxygen atoms in total. The van der Waals surface area contributed by atoms with Gasteiger partial charge in [0.1, 0.15) is 5.75 Å². The standard InChI is InChI=1S/C12H13NO4/c14-10-3-1-9(2-4-10)7-8-13-11(15)5-6-12(16)17/h1-6,14H,7-8H2,(H,13,15)(H,16,17)/b6-5+. The summed E-state index contributed by atoms with van der Waals surface area (Å²) in [5.74, 6) is -1.40. The predicted molar refractivity (Wildman–Crippen MR) is 61.6 cm³/mol. The van der Waals surface area contributed by atoms with Gasteiger partial charge >= 0.3 is 5.97 Å². The monoisotopic (exact) mass is 235 g/mol. The third-order valence-electron chi connectivity index (χ3n) is 2.03. The molecule has 0 saturated heterocycles. The molecule has 0 atom stereocenters. The highest BCUT2D eigenvalue weighted by molar-refractivity contribution is 5.93. The smallest absolute Gasteiger partial charge is 0.328 e. The van der Waals surface area contributed by atoms with E-state index in [0.717, 1.165) is 17.7 Å². The first-order valence-electron chi connectivity index (χ1n) is 5.04. The first-order valence-corrected chi connectivity index (χ1v) is 5.04. The van der Waals surface area contributed by atoms with Gasteiger partial charge in [0.25, 0.3) is 0 Å². The largest absolute Gasteiger partial charge is 0.508 e. The number of rotatable bonds is 5. The summed E-state index contributed by atoms with van der Waals surface area (Å²) in [6.45, 7) is 0.410. The predicted octanol–water partition coefficient (Wildman–Crippen LogP) is 0.692. The summed E-state index contributed by atoms with van der Waals surface area (Å²) < 4.78 is 0. The van der Waals surface area contributed by atoms with Crippen LogP contribution in [0.4, 0.5) is 0 Å². The van der Waals surface area contributed by atoms with Crippen molar-refractivity contribution < 1.29 is 19.8 Å². The van der Waals surface area contributed by atoms with Gasteiger partial charge in [0.05, 0.1) is 0 Å². The fourth-order valence-electron chi connectivity index (χ4n) is 1.20. The molecular weight excluding hydrogens is 222 g/mol. The van der Waals surface area contributed by atoms with E-state index in [0.29, 0.717) is 13.0 Å². The summed E-state index contributed by atoms with van der Waals surface area (Å²) in [5, 5.41) is 19.9. The first kappa shape index (κ1) is 12.8. The molecule has 1 aromatic carbocycles. The highest BCUT2D eigenvalue weighted by Crippen LogP contribution is 2.09. The Hall–Kier alpha value is -2.30. The van der Waals surface area contributed by atoms with Crippen LogP contribution in [0.3, 0.4) is 0 Å². The number of carboxylic acids is 1. The SMILES string of the molecule is O=C(O)/C=C/C(=O)NCCc1ccc(O)cc1. The topological polar surface area (TPSA) is 86.6 Å². The number of carbonyl (C=O) groups is 2. The van der Waals surface area contributed by atoms with Gasteiger partial charge in [-0.25, -0.2) is 4.79 Å². The summed E-state index contributed by atoms with van der Waals surface area (Å²) in [5.41, 5.74) is 0.977. The molecule has 0 saturated carbocycles. The molecule has 0 aliphatic rings. The second kappa shape index (κ2) is 6.32. The van der Waals surface area contributed by atoms with Crippen molar-refractivity contribution in [1.82, 2.24) is 5.32 Å². The Bertz CT molecular complexity index is 423. The van der Waals surface area contributed by atoms with Crippen LogP contribution in [-0.2, 0) is 16.0 Å². The van der Waals surface area contributed by atoms with Crippen LogP contribution >= 0.6 is 0 Å². The molecule has 0 aliphatic carbocycles. The van der Waals surface area contributed by atoms with Gasteiger partial charge in [-0.15, -0.1) is 0 Å². The molecule has 3 N–H and O–H groups in total. The van der Waals surface area contributed by atoms with E-state index in [1.54, 1.807) is 24.3 Å². The van der Waals surface area contributed by atoms with Crippen LogP contribution in [0, 0.1) is 0 Å². The van der Waals surface area contributed by atoms with Crippen LogP contribution in [0.5, 0.6) is 5.75 Å². The summed E-state index contributed by atoms with van der Waals surface area (Å²) in [7, 11) is 0. The molecule has 0 fully saturated rings. The minimum absolute atomic E-state index is 0.196. The first-order chi connectivity index (χ1) is 8.08. The second-order valence-electron chi connectivity index (χ2n) is 3.38. The lowest BCUT2D eigenvalue weighted by atomic mass is 10.1. The zero-order valence-corrected chi connectivity index (χ0v) is 9.09. The van der Waals surface area contributed by atoms with Crippen LogP contribution in [0.2, 0.25) is 0 Å². The van der Waals surface area contributed by atoms with Gasteiger partial charge in [-0.2, -0.15) is 0 Å². The van der Waals surface area contributed by atoms with Gasteiger partial charge in [-0.05, 0) is 24.1 Å². The maximum Gasteiger partial charge on any atom is 0.328 e. The highest BCUT2D eigenvalue weighted by Gasteiger charge is 1.97. The maximum atomic E-state index is 11.1. The summed E-state index contributed by atoms with van der Waals surface area (Å²) in [6.07, 6.45) is 2.38. The van der Waals surface area contributed by atoms with E-state index < -0.39 is 11.9 Å². The molecule has 0 aromatic heterocycles. The van der Waals surface area contributed by atoms with Crippen molar-refractivity contribution in [2.45, 2.75) is 6.42 Å². The quantitative estimate of drug-likeness (QED) is 0.655. The molecule has 1 aromatic rings. The van der Waals surface area contributed by atoms with E-state index in [1.165, 1.54) is 0 Å². The summed E-state index contributed by atoms with van der Waals surface area (Å²) in [6, 6.07) is 6.66. The lowest BCUT2D eigenvalue weighted by Gasteiger charge is -2.02. The van der Waals surface area contributed by atoms with Crippen LogP contribution in [0.15, 0.2) is 36.4 Å². The van der Waals surface area contributed by atoms with E-state index in [-0.39, 0.29) is 5.75 Å². The number of hydrogen-bond donors (Lipinski definition) is 3. The van der Waals surface area contributed by atoms with Crippen molar-refractivity contribution in [3.05, 3.63) is 42.0 Å². The second-order valence-corrected chi connectivity index (χ2v) is 3.38. The molecule has 17 heavy (non-hydrogen) atoms. The number of hydrogen-bond acceptors (Lipinski definition) is 3. The Balaban J connectivity index is 2.30. The Morgan fingerprint density at radius 3 is 2.41 bits per heavy atom. The molecule has 0 heterocycles. The van der Waals surface area contributed by atoms with Gasteiger partial charge < -0.3 is 15.5 Å². The Kier molecular flexibility index (Phi) is 4.75. The van der Waals surface area contributed by atoms with Crippen LogP contribution in [0.1, 0.15) is 5.56 Å². The average molecular weight is 235 g/mol. The molecule has 1 rings (SSSR count). The molecule has 5 heteroatoms. The maximum absolute atomic E-state index is 11.1. The summed E-state index contributed by atoms with van der Waals surface area (Å²) in [4.78, 5) is 21.2. The van der Waals surface area contributed by atoms with Crippen molar-refractivity contribution in [2.75, 3.05) is 6.54 Å². The molecule has 1 amide bonds. The van der Waals surface area contributed by atoms with Crippen molar-refractivity contribution in [2.24, 2.45) is 0 Å². The third-order valence-corrected chi connectivity index (χ3v) is 2.03. The molecule has 0 radical (unpaired) electrons.